The van der Waals surface area contributed by atoms with Gasteiger partial charge in [-0.05, 0) is 24.9 Å². The highest BCUT2D eigenvalue weighted by Gasteiger charge is 1.95. The van der Waals surface area contributed by atoms with Crippen LogP contribution in [0.25, 0.3) is 0 Å². The van der Waals surface area contributed by atoms with Crippen LogP contribution in [-0.4, -0.2) is 13.2 Å². The number of hydrogen-bond acceptors (Lipinski definition) is 2. The average molecular weight is 115 g/mol. The van der Waals surface area contributed by atoms with Gasteiger partial charge in [0.15, 0.2) is 0 Å². The topological polar surface area (TPSA) is 35.4 Å². The van der Waals surface area contributed by atoms with E-state index >= 15 is 0 Å². The molecule has 47 valence electrons. The minimum Gasteiger partial charge on any atom is -0.267 e. The third-order valence-electron chi connectivity index (χ3n) is 1.15. The van der Waals surface area contributed by atoms with Crippen molar-refractivity contribution >= 4 is 0 Å². The number of nitrogens with zero attached hydrogens (tertiary/aromatic N) is 1. The molecule has 1 heterocycles. The zero-order valence-corrected chi connectivity index (χ0v) is 4.89. The molecule has 8 heavy (non-hydrogen) atoms. The Morgan fingerprint density at radius 1 is 1.25 bits per heavy atom. The molecule has 0 aliphatic carbocycles. The summed E-state index contributed by atoms with van der Waals surface area (Å²) in [6.07, 6.45) is 3.61. The van der Waals surface area contributed by atoms with Gasteiger partial charge in [-0.1, -0.05) is 0 Å². The summed E-state index contributed by atoms with van der Waals surface area (Å²) in [5.74, 6) is 0. The van der Waals surface area contributed by atoms with Crippen molar-refractivity contribution in [2.24, 2.45) is 0 Å². The van der Waals surface area contributed by atoms with E-state index < -0.39 is 0 Å². The van der Waals surface area contributed by atoms with Gasteiger partial charge in [-0.15, -0.1) is 0 Å². The van der Waals surface area contributed by atoms with Crippen LogP contribution in [0.1, 0.15) is 19.3 Å². The molecule has 0 amide bonds. The van der Waals surface area contributed by atoms with Crippen molar-refractivity contribution in [3.63, 3.8) is 0 Å². The first-order valence-corrected chi connectivity index (χ1v) is 3.05. The van der Waals surface area contributed by atoms with Crippen molar-refractivity contribution in [1.29, 1.82) is 0 Å². The molecule has 0 bridgehead atoms. The molecule has 0 spiro atoms. The molecule has 1 fully saturated rings. The van der Waals surface area contributed by atoms with Gasteiger partial charge in [-0.25, -0.2) is 5.43 Å². The summed E-state index contributed by atoms with van der Waals surface area (Å²) in [4.78, 5) is 4.79. The molecular weight excluding hydrogens is 104 g/mol. The summed E-state index contributed by atoms with van der Waals surface area (Å²) in [7, 11) is 0. The fourth-order valence-electron chi connectivity index (χ4n) is 0.684. The summed E-state index contributed by atoms with van der Waals surface area (Å²) >= 11 is 0. The van der Waals surface area contributed by atoms with Gasteiger partial charge >= 0.3 is 0 Å². The first-order valence-electron chi connectivity index (χ1n) is 3.05. The predicted molar refractivity (Wildman–Crippen MR) is 29.9 cm³/mol. The molecule has 1 saturated heterocycles. The third-order valence-corrected chi connectivity index (χ3v) is 1.15. The van der Waals surface area contributed by atoms with Crippen LogP contribution in [0.15, 0.2) is 0 Å². The second-order valence-electron chi connectivity index (χ2n) is 1.89. The summed E-state index contributed by atoms with van der Waals surface area (Å²) in [5, 5.41) is 0. The molecule has 3 nitrogen and oxygen atoms in total. The van der Waals surface area contributed by atoms with Gasteiger partial charge in [0, 0.05) is 6.54 Å². The van der Waals surface area contributed by atoms with Gasteiger partial charge in [0.1, 0.15) is 0 Å². The van der Waals surface area contributed by atoms with Crippen LogP contribution in [0.2, 0.25) is 0 Å². The first kappa shape index (κ1) is 6.01. The zero-order chi connectivity index (χ0) is 5.66. The summed E-state index contributed by atoms with van der Waals surface area (Å²) < 4.78 is 0. The predicted octanol–water partition coefficient (Wildman–Crippen LogP) is 0.211. The Kier molecular flexibility index (Phi) is 2.88. The summed E-state index contributed by atoms with van der Waals surface area (Å²) in [6.45, 7) is 1.73. The smallest absolute Gasteiger partial charge is 0.0718 e. The Balaban J connectivity index is 2.00. The van der Waals surface area contributed by atoms with Gasteiger partial charge in [0.05, 0.1) is 6.61 Å². The molecule has 0 atom stereocenters. The molecule has 0 aromatic carbocycles. The number of nitrogens with one attached hydrogen (secondary N) is 1. The molecule has 1 radical (unpaired) electrons. The van der Waals surface area contributed by atoms with E-state index in [-0.39, 0.29) is 0 Å². The third kappa shape index (κ3) is 2.26. The van der Waals surface area contributed by atoms with Crippen molar-refractivity contribution in [2.75, 3.05) is 13.2 Å². The van der Waals surface area contributed by atoms with E-state index in [1.165, 1.54) is 12.8 Å². The fourth-order valence-corrected chi connectivity index (χ4v) is 0.684. The van der Waals surface area contributed by atoms with E-state index in [9.17, 15) is 0 Å². The highest BCUT2D eigenvalue weighted by Crippen LogP contribution is 1.95. The lowest BCUT2D eigenvalue weighted by molar-refractivity contribution is -0.00711. The lowest BCUT2D eigenvalue weighted by atomic mass is 10.2. The summed E-state index contributed by atoms with van der Waals surface area (Å²) in [6, 6.07) is 0. The van der Waals surface area contributed by atoms with Crippen molar-refractivity contribution in [1.82, 2.24) is 11.0 Å². The standard InChI is InChI=1S/C5H11N2O/c1-2-4-6-7-8-5-3-1/h6H,1-5H2. The maximum Gasteiger partial charge on any atom is 0.0718 e. The minimum absolute atomic E-state index is 0.771. The monoisotopic (exact) mass is 115 g/mol. The molecule has 1 aliphatic heterocycles. The van der Waals surface area contributed by atoms with E-state index in [1.54, 1.807) is 0 Å². The average Bonchev–Trinajstić information content (AvgIpc) is 1.62. The van der Waals surface area contributed by atoms with Crippen molar-refractivity contribution < 1.29 is 4.84 Å². The largest absolute Gasteiger partial charge is 0.267 e. The molecule has 0 unspecified atom stereocenters. The normalized spacial score (nSPS) is 24.0. The van der Waals surface area contributed by atoms with E-state index in [4.69, 9.17) is 4.84 Å². The Morgan fingerprint density at radius 3 is 3.25 bits per heavy atom. The van der Waals surface area contributed by atoms with E-state index in [1.807, 2.05) is 0 Å². The van der Waals surface area contributed by atoms with Gasteiger partial charge in [-0.2, -0.15) is 0 Å². The highest BCUT2D eigenvalue weighted by atomic mass is 16.7. The Labute approximate surface area is 49.3 Å². The molecule has 3 heteroatoms. The Bertz CT molecular complexity index is 34.4. The fraction of sp³-hybridized carbons (Fsp3) is 1.00. The maximum absolute atomic E-state index is 4.79. The molecule has 1 aliphatic rings. The zero-order valence-electron chi connectivity index (χ0n) is 4.89. The van der Waals surface area contributed by atoms with Crippen molar-refractivity contribution in [2.45, 2.75) is 19.3 Å². The van der Waals surface area contributed by atoms with Crippen LogP contribution in [0.3, 0.4) is 0 Å². The van der Waals surface area contributed by atoms with Crippen LogP contribution in [0.5, 0.6) is 0 Å². The summed E-state index contributed by atoms with van der Waals surface area (Å²) in [5.41, 5.74) is 6.37. The molecule has 1 rings (SSSR count). The Morgan fingerprint density at radius 2 is 2.25 bits per heavy atom. The van der Waals surface area contributed by atoms with Crippen LogP contribution < -0.4 is 11.0 Å². The SMILES string of the molecule is C1CCN[N]OCC1. The second-order valence-corrected chi connectivity index (χ2v) is 1.89. The van der Waals surface area contributed by atoms with E-state index in [0.29, 0.717) is 0 Å². The van der Waals surface area contributed by atoms with Gasteiger partial charge in [0.25, 0.3) is 0 Å². The van der Waals surface area contributed by atoms with Crippen LogP contribution in [0.4, 0.5) is 0 Å². The minimum atomic E-state index is 0.771. The lowest BCUT2D eigenvalue weighted by Gasteiger charge is -2.07. The second kappa shape index (κ2) is 3.83. The van der Waals surface area contributed by atoms with Crippen LogP contribution in [-0.2, 0) is 4.84 Å². The van der Waals surface area contributed by atoms with Crippen LogP contribution in [0, 0.1) is 0 Å². The van der Waals surface area contributed by atoms with Crippen molar-refractivity contribution in [3.05, 3.63) is 0 Å². The van der Waals surface area contributed by atoms with Crippen molar-refractivity contribution in [3.8, 4) is 0 Å². The molecule has 0 aromatic heterocycles. The molecule has 0 saturated carbocycles. The van der Waals surface area contributed by atoms with Crippen LogP contribution >= 0.6 is 0 Å². The van der Waals surface area contributed by atoms with E-state index in [0.717, 1.165) is 19.6 Å². The molecular formula is C5H11N2O. The molecule has 0 aromatic rings. The van der Waals surface area contributed by atoms with Gasteiger partial charge in [0.2, 0.25) is 0 Å². The van der Waals surface area contributed by atoms with Gasteiger partial charge in [-0.3, -0.25) is 4.84 Å². The maximum atomic E-state index is 4.79. The quantitative estimate of drug-likeness (QED) is 0.490. The van der Waals surface area contributed by atoms with Gasteiger partial charge < -0.3 is 0 Å². The Hall–Kier alpha value is -0.120. The highest BCUT2D eigenvalue weighted by molar-refractivity contribution is 4.44. The molecule has 1 N–H and O–H groups in total. The van der Waals surface area contributed by atoms with E-state index in [2.05, 4.69) is 11.0 Å². The first-order chi connectivity index (χ1) is 4.00. The lowest BCUT2D eigenvalue weighted by Crippen LogP contribution is -2.27. The number of rotatable bonds is 0. The number of hydrogen-bond donors (Lipinski definition) is 1.